The van der Waals surface area contributed by atoms with E-state index in [1.807, 2.05) is 41.5 Å². The molecule has 1 aliphatic heterocycles. The van der Waals surface area contributed by atoms with Gasteiger partial charge in [-0.2, -0.15) is 0 Å². The van der Waals surface area contributed by atoms with Crippen LogP contribution in [0.15, 0.2) is 12.1 Å². The zero-order chi connectivity index (χ0) is 22.1. The molecule has 1 aromatic carbocycles. The van der Waals surface area contributed by atoms with Crippen LogP contribution in [0, 0.1) is 32.1 Å². The van der Waals surface area contributed by atoms with Crippen molar-refractivity contribution in [3.63, 3.8) is 0 Å². The molecule has 2 rings (SSSR count). The highest BCUT2D eigenvalue weighted by molar-refractivity contribution is 5.75. The molecule has 0 aromatic heterocycles. The van der Waals surface area contributed by atoms with E-state index in [9.17, 15) is 9.90 Å². The maximum Gasteiger partial charge on any atom is 0.311 e. The van der Waals surface area contributed by atoms with Crippen LogP contribution < -0.4 is 0 Å². The molecule has 5 nitrogen and oxygen atoms in total. The number of rotatable bonds is 6. The second-order valence-electron chi connectivity index (χ2n) is 9.75. The normalized spacial score (nSPS) is 27.0. The second-order valence-corrected chi connectivity index (χ2v) is 9.75. The van der Waals surface area contributed by atoms with Crippen LogP contribution in [0.1, 0.15) is 76.5 Å². The minimum atomic E-state index is -0.892. The highest BCUT2D eigenvalue weighted by Gasteiger charge is 2.52. The van der Waals surface area contributed by atoms with E-state index in [4.69, 9.17) is 14.2 Å². The molecule has 164 valence electrons. The van der Waals surface area contributed by atoms with E-state index < -0.39 is 23.4 Å². The summed E-state index contributed by atoms with van der Waals surface area (Å²) in [6.45, 7) is 17.6. The largest absolute Gasteiger partial charge is 0.465 e. The Balaban J connectivity index is 2.19. The van der Waals surface area contributed by atoms with Crippen LogP contribution in [0.3, 0.4) is 0 Å². The molecule has 0 amide bonds. The molecular formula is C24H38O5. The fraction of sp³-hybridized carbons (Fsp3) is 0.708. The number of aliphatic hydroxyl groups is 1. The number of hydrogen-bond acceptors (Lipinski definition) is 5. The fourth-order valence-corrected chi connectivity index (χ4v) is 4.15. The van der Waals surface area contributed by atoms with Crippen molar-refractivity contribution in [2.45, 2.75) is 92.8 Å². The lowest BCUT2D eigenvalue weighted by Gasteiger charge is -2.36. The molecule has 2 unspecified atom stereocenters. The Morgan fingerprint density at radius 1 is 1.24 bits per heavy atom. The molecule has 0 bridgehead atoms. The van der Waals surface area contributed by atoms with Crippen LogP contribution in [0.4, 0.5) is 0 Å². The monoisotopic (exact) mass is 406 g/mol. The average molecular weight is 407 g/mol. The molecule has 1 aromatic rings. The number of carbonyl (C=O) groups excluding carboxylic acids is 1. The van der Waals surface area contributed by atoms with E-state index in [0.717, 1.165) is 16.7 Å². The van der Waals surface area contributed by atoms with Gasteiger partial charge in [0.25, 0.3) is 0 Å². The Hall–Kier alpha value is -1.43. The van der Waals surface area contributed by atoms with Gasteiger partial charge in [0.15, 0.2) is 6.29 Å². The van der Waals surface area contributed by atoms with E-state index in [1.165, 1.54) is 5.56 Å². The Kier molecular flexibility index (Phi) is 7.19. The van der Waals surface area contributed by atoms with Gasteiger partial charge in [0, 0.05) is 11.5 Å². The van der Waals surface area contributed by atoms with E-state index in [2.05, 4.69) is 32.9 Å². The molecule has 1 heterocycles. The van der Waals surface area contributed by atoms with Gasteiger partial charge in [-0.05, 0) is 66.0 Å². The maximum absolute atomic E-state index is 12.1. The Morgan fingerprint density at radius 3 is 2.28 bits per heavy atom. The summed E-state index contributed by atoms with van der Waals surface area (Å²) < 4.78 is 18.1. The van der Waals surface area contributed by atoms with Crippen molar-refractivity contribution in [2.24, 2.45) is 11.3 Å². The van der Waals surface area contributed by atoms with Crippen LogP contribution in [0.5, 0.6) is 0 Å². The van der Waals surface area contributed by atoms with Crippen LogP contribution >= 0.6 is 0 Å². The summed E-state index contributed by atoms with van der Waals surface area (Å²) in [7, 11) is 0. The first-order valence-corrected chi connectivity index (χ1v) is 10.6. The summed E-state index contributed by atoms with van der Waals surface area (Å²) in [5.41, 5.74) is 3.00. The minimum Gasteiger partial charge on any atom is -0.465 e. The topological polar surface area (TPSA) is 65.0 Å². The summed E-state index contributed by atoms with van der Waals surface area (Å²) in [6, 6.07) is 4.24. The number of esters is 1. The molecule has 1 saturated heterocycles. The first-order chi connectivity index (χ1) is 13.3. The molecule has 1 N–H and O–H groups in total. The SMILES string of the molecule is CCC1OC(c2c(C)cc(C)cc2C)O[C@@]1(C)[C@H](O)[C@@H](C)COC(=O)C(C)(C)C. The maximum atomic E-state index is 12.1. The molecule has 0 saturated carbocycles. The lowest BCUT2D eigenvalue weighted by atomic mass is 9.84. The molecule has 29 heavy (non-hydrogen) atoms. The van der Waals surface area contributed by atoms with Crippen molar-refractivity contribution in [3.8, 4) is 0 Å². The highest BCUT2D eigenvalue weighted by Crippen LogP contribution is 2.44. The summed E-state index contributed by atoms with van der Waals surface area (Å²) in [4.78, 5) is 12.1. The van der Waals surface area contributed by atoms with Crippen molar-refractivity contribution in [2.75, 3.05) is 6.61 Å². The van der Waals surface area contributed by atoms with E-state index in [1.54, 1.807) is 0 Å². The molecule has 5 atom stereocenters. The van der Waals surface area contributed by atoms with Gasteiger partial charge >= 0.3 is 5.97 Å². The lowest BCUT2D eigenvalue weighted by molar-refractivity contribution is -0.163. The summed E-state index contributed by atoms with van der Waals surface area (Å²) in [5.74, 6) is -0.566. The predicted molar refractivity (Wildman–Crippen MR) is 114 cm³/mol. The van der Waals surface area contributed by atoms with Crippen molar-refractivity contribution in [1.82, 2.24) is 0 Å². The van der Waals surface area contributed by atoms with Crippen molar-refractivity contribution < 1.29 is 24.1 Å². The zero-order valence-corrected chi connectivity index (χ0v) is 19.5. The van der Waals surface area contributed by atoms with Gasteiger partial charge in [-0.15, -0.1) is 0 Å². The zero-order valence-electron chi connectivity index (χ0n) is 19.5. The standard InChI is InChI=1S/C24H38O5/c1-10-18-24(9,20(25)17(5)13-27-22(26)23(6,7)8)29-21(28-18)19-15(3)11-14(2)12-16(19)4/h11-12,17-18,20-21,25H,10,13H2,1-9H3/t17-,18?,20+,21?,24+/m0/s1. The van der Waals surface area contributed by atoms with Crippen molar-refractivity contribution in [3.05, 3.63) is 34.4 Å². The predicted octanol–water partition coefficient (Wildman–Crippen LogP) is 4.78. The van der Waals surface area contributed by atoms with Gasteiger partial charge in [0.2, 0.25) is 0 Å². The van der Waals surface area contributed by atoms with E-state index in [0.29, 0.717) is 6.42 Å². The number of hydrogen-bond donors (Lipinski definition) is 1. The molecule has 1 fully saturated rings. The van der Waals surface area contributed by atoms with Gasteiger partial charge in [0.1, 0.15) is 5.60 Å². The number of carbonyl (C=O) groups is 1. The minimum absolute atomic E-state index is 0.139. The van der Waals surface area contributed by atoms with Crippen LogP contribution in [0.25, 0.3) is 0 Å². The third-order valence-corrected chi connectivity index (χ3v) is 5.85. The summed E-state index contributed by atoms with van der Waals surface area (Å²) in [5, 5.41) is 11.1. The Bertz CT molecular complexity index is 712. The van der Waals surface area contributed by atoms with E-state index in [-0.39, 0.29) is 24.6 Å². The highest BCUT2D eigenvalue weighted by atomic mass is 16.7. The quantitative estimate of drug-likeness (QED) is 0.689. The first kappa shape index (κ1) is 23.8. The Labute approximate surface area is 175 Å². The number of ether oxygens (including phenoxy) is 3. The molecule has 1 aliphatic rings. The first-order valence-electron chi connectivity index (χ1n) is 10.6. The summed E-state index contributed by atoms with van der Waals surface area (Å²) in [6.07, 6.45) is -0.910. The lowest BCUT2D eigenvalue weighted by Crippen LogP contribution is -2.51. The fourth-order valence-electron chi connectivity index (χ4n) is 4.15. The molecule has 0 radical (unpaired) electrons. The third kappa shape index (κ3) is 5.01. The summed E-state index contributed by atoms with van der Waals surface area (Å²) >= 11 is 0. The molecular weight excluding hydrogens is 368 g/mol. The van der Waals surface area contributed by atoms with Crippen molar-refractivity contribution >= 4 is 5.97 Å². The number of aliphatic hydroxyl groups excluding tert-OH is 1. The molecule has 0 aliphatic carbocycles. The van der Waals surface area contributed by atoms with Gasteiger partial charge in [0.05, 0.1) is 24.2 Å². The van der Waals surface area contributed by atoms with Crippen LogP contribution in [-0.2, 0) is 19.0 Å². The van der Waals surface area contributed by atoms with Gasteiger partial charge in [-0.1, -0.05) is 31.5 Å². The number of aryl methyl sites for hydroxylation is 3. The number of benzene rings is 1. The molecule has 5 heteroatoms. The van der Waals surface area contributed by atoms with Crippen molar-refractivity contribution in [1.29, 1.82) is 0 Å². The smallest absolute Gasteiger partial charge is 0.311 e. The average Bonchev–Trinajstić information content (AvgIpc) is 2.94. The van der Waals surface area contributed by atoms with Crippen LogP contribution in [0.2, 0.25) is 0 Å². The van der Waals surface area contributed by atoms with Gasteiger partial charge in [-0.3, -0.25) is 4.79 Å². The second kappa shape index (κ2) is 8.75. The van der Waals surface area contributed by atoms with Gasteiger partial charge in [-0.25, -0.2) is 0 Å². The molecule has 0 spiro atoms. The third-order valence-electron chi connectivity index (χ3n) is 5.85. The van der Waals surface area contributed by atoms with E-state index >= 15 is 0 Å². The Morgan fingerprint density at radius 2 is 1.79 bits per heavy atom. The van der Waals surface area contributed by atoms with Gasteiger partial charge < -0.3 is 19.3 Å². The van der Waals surface area contributed by atoms with Crippen LogP contribution in [-0.4, -0.2) is 35.5 Å².